The van der Waals surface area contributed by atoms with Crippen LogP contribution in [0, 0.1) is 0 Å². The number of halogens is 1. The van der Waals surface area contributed by atoms with Crippen LogP contribution in [0.4, 0.5) is 4.39 Å². The largest absolute Gasteiger partial charge is 0.491 e. The molecule has 1 aromatic heterocycles. The van der Waals surface area contributed by atoms with Gasteiger partial charge in [0, 0.05) is 23.5 Å². The minimum atomic E-state index is -1.04. The molecule has 0 aliphatic heterocycles. The molecule has 2 aromatic rings. The summed E-state index contributed by atoms with van der Waals surface area (Å²) < 4.78 is 17.3. The molecule has 6 heteroatoms. The lowest BCUT2D eigenvalue weighted by Crippen LogP contribution is -2.32. The first-order chi connectivity index (χ1) is 9.11. The molecule has 0 aliphatic rings. The van der Waals surface area contributed by atoms with E-state index in [1.807, 2.05) is 0 Å². The highest BCUT2D eigenvalue weighted by Gasteiger charge is 2.15. The average Bonchev–Trinajstić information content (AvgIpc) is 2.79. The number of hydrogen-bond acceptors (Lipinski definition) is 3. The van der Waals surface area contributed by atoms with Crippen LogP contribution in [0.5, 0.6) is 5.75 Å². The summed E-state index contributed by atoms with van der Waals surface area (Å²) in [6, 6.07) is 4.34. The second-order valence-electron chi connectivity index (χ2n) is 4.21. The number of carboxylic acids is 1. The van der Waals surface area contributed by atoms with Crippen LogP contribution < -0.4 is 10.5 Å². The minimum Gasteiger partial charge on any atom is -0.491 e. The van der Waals surface area contributed by atoms with E-state index >= 15 is 0 Å². The Kier molecular flexibility index (Phi) is 4.01. The number of fused-ring (bicyclic) bond motifs is 1. The summed E-state index contributed by atoms with van der Waals surface area (Å²) in [4.78, 5) is 13.8. The Morgan fingerprint density at radius 3 is 3.00 bits per heavy atom. The number of ether oxygens (including phenoxy) is 1. The number of aromatic nitrogens is 1. The Balaban J connectivity index is 2.26. The highest BCUT2D eigenvalue weighted by Crippen LogP contribution is 2.24. The number of hydrogen-bond donors (Lipinski definition) is 3. The maximum atomic E-state index is 12.1. The summed E-state index contributed by atoms with van der Waals surface area (Å²) >= 11 is 0. The molecule has 1 heterocycles. The van der Waals surface area contributed by atoms with Gasteiger partial charge in [0.1, 0.15) is 25.1 Å². The van der Waals surface area contributed by atoms with Crippen LogP contribution >= 0.6 is 0 Å². The van der Waals surface area contributed by atoms with E-state index in [2.05, 4.69) is 4.98 Å². The van der Waals surface area contributed by atoms with Gasteiger partial charge in [-0.3, -0.25) is 4.79 Å². The zero-order valence-corrected chi connectivity index (χ0v) is 10.2. The summed E-state index contributed by atoms with van der Waals surface area (Å²) in [7, 11) is 0. The normalized spacial score (nSPS) is 12.5. The molecule has 1 atom stereocenters. The van der Waals surface area contributed by atoms with Crippen LogP contribution in [0.3, 0.4) is 0 Å². The highest BCUT2D eigenvalue weighted by molar-refractivity contribution is 5.85. The van der Waals surface area contributed by atoms with Crippen LogP contribution in [-0.2, 0) is 11.2 Å². The number of nitrogens with two attached hydrogens (primary N) is 1. The Morgan fingerprint density at radius 1 is 1.53 bits per heavy atom. The van der Waals surface area contributed by atoms with Gasteiger partial charge in [-0.05, 0) is 23.8 Å². The number of alkyl halides is 1. The van der Waals surface area contributed by atoms with Gasteiger partial charge in [-0.2, -0.15) is 0 Å². The molecule has 1 unspecified atom stereocenters. The van der Waals surface area contributed by atoms with Crippen LogP contribution in [-0.4, -0.2) is 35.4 Å². The first-order valence-electron chi connectivity index (χ1n) is 5.89. The number of aromatic amines is 1. The van der Waals surface area contributed by atoms with Gasteiger partial charge in [-0.1, -0.05) is 0 Å². The number of rotatable bonds is 6. The molecular weight excluding hydrogens is 251 g/mol. The fraction of sp³-hybridized carbons (Fsp3) is 0.308. The van der Waals surface area contributed by atoms with Crippen LogP contribution in [0.1, 0.15) is 5.56 Å². The summed E-state index contributed by atoms with van der Waals surface area (Å²) in [5, 5.41) is 9.66. The van der Waals surface area contributed by atoms with Crippen molar-refractivity contribution in [3.63, 3.8) is 0 Å². The second kappa shape index (κ2) is 5.71. The van der Waals surface area contributed by atoms with Gasteiger partial charge in [0.25, 0.3) is 0 Å². The van der Waals surface area contributed by atoms with E-state index in [9.17, 15) is 9.18 Å². The Morgan fingerprint density at radius 2 is 2.32 bits per heavy atom. The Hall–Kier alpha value is -2.08. The fourth-order valence-corrected chi connectivity index (χ4v) is 1.90. The smallest absolute Gasteiger partial charge is 0.320 e. The Bertz CT molecular complexity index is 582. The molecule has 0 saturated heterocycles. The zero-order valence-electron chi connectivity index (χ0n) is 10.2. The van der Waals surface area contributed by atoms with E-state index in [0.717, 1.165) is 16.5 Å². The number of carbonyl (C=O) groups is 1. The van der Waals surface area contributed by atoms with Gasteiger partial charge in [0.05, 0.1) is 0 Å². The number of H-pyrrole nitrogens is 1. The molecule has 2 rings (SSSR count). The molecule has 0 radical (unpaired) electrons. The van der Waals surface area contributed by atoms with Gasteiger partial charge in [0.15, 0.2) is 0 Å². The van der Waals surface area contributed by atoms with Gasteiger partial charge >= 0.3 is 5.97 Å². The van der Waals surface area contributed by atoms with E-state index in [1.54, 1.807) is 24.4 Å². The molecule has 5 nitrogen and oxygen atoms in total. The van der Waals surface area contributed by atoms with Crippen LogP contribution in [0.15, 0.2) is 24.4 Å². The standard InChI is InChI=1S/C13H15FN2O3/c14-3-4-19-9-1-2-12-10(6-9)8(7-16-12)5-11(15)13(17)18/h1-2,6-7,11,16H,3-5,15H2,(H,17,18). The van der Waals surface area contributed by atoms with E-state index in [-0.39, 0.29) is 13.0 Å². The average molecular weight is 266 g/mol. The maximum Gasteiger partial charge on any atom is 0.320 e. The van der Waals surface area contributed by atoms with Crippen molar-refractivity contribution >= 4 is 16.9 Å². The Labute approximate surface area is 109 Å². The summed E-state index contributed by atoms with van der Waals surface area (Å²) in [5.74, 6) is -0.492. The first-order valence-corrected chi connectivity index (χ1v) is 5.89. The SMILES string of the molecule is NC(Cc1c[nH]c2ccc(OCCF)cc12)C(=O)O. The summed E-state index contributed by atoms with van der Waals surface area (Å²) in [6.07, 6.45) is 1.95. The molecule has 102 valence electrons. The lowest BCUT2D eigenvalue weighted by Gasteiger charge is -2.06. The third-order valence-electron chi connectivity index (χ3n) is 2.84. The van der Waals surface area contributed by atoms with E-state index in [1.165, 1.54) is 0 Å². The summed E-state index contributed by atoms with van der Waals surface area (Å²) in [6.45, 7) is -0.554. The molecular formula is C13H15FN2O3. The number of carboxylic acid groups (broad SMARTS) is 1. The van der Waals surface area contributed by atoms with Crippen molar-refractivity contribution in [2.24, 2.45) is 5.73 Å². The zero-order chi connectivity index (χ0) is 13.8. The van der Waals surface area contributed by atoms with E-state index in [0.29, 0.717) is 5.75 Å². The van der Waals surface area contributed by atoms with Crippen molar-refractivity contribution in [3.8, 4) is 5.75 Å². The fourth-order valence-electron chi connectivity index (χ4n) is 1.90. The van der Waals surface area contributed by atoms with Crippen LogP contribution in [0.2, 0.25) is 0 Å². The van der Waals surface area contributed by atoms with Crippen molar-refractivity contribution in [3.05, 3.63) is 30.0 Å². The first kappa shape index (κ1) is 13.4. The molecule has 4 N–H and O–H groups in total. The maximum absolute atomic E-state index is 12.1. The third kappa shape index (κ3) is 3.03. The minimum absolute atomic E-state index is 0.0000966. The molecule has 0 fully saturated rings. The monoisotopic (exact) mass is 266 g/mol. The van der Waals surface area contributed by atoms with Crippen LogP contribution in [0.25, 0.3) is 10.9 Å². The summed E-state index contributed by atoms with van der Waals surface area (Å²) in [5.41, 5.74) is 7.19. The topological polar surface area (TPSA) is 88.3 Å². The molecule has 0 spiro atoms. The number of benzene rings is 1. The van der Waals surface area contributed by atoms with Gasteiger partial charge in [0.2, 0.25) is 0 Å². The number of nitrogens with one attached hydrogen (secondary N) is 1. The molecule has 0 aliphatic carbocycles. The number of aliphatic carboxylic acids is 1. The van der Waals surface area contributed by atoms with Crippen molar-refractivity contribution in [2.75, 3.05) is 13.3 Å². The molecule has 0 saturated carbocycles. The van der Waals surface area contributed by atoms with Crippen molar-refractivity contribution in [1.29, 1.82) is 0 Å². The molecule has 0 bridgehead atoms. The van der Waals surface area contributed by atoms with Crippen molar-refractivity contribution in [2.45, 2.75) is 12.5 Å². The van der Waals surface area contributed by atoms with Gasteiger partial charge in [-0.25, -0.2) is 4.39 Å². The molecule has 1 aromatic carbocycles. The van der Waals surface area contributed by atoms with E-state index in [4.69, 9.17) is 15.6 Å². The van der Waals surface area contributed by atoms with E-state index < -0.39 is 18.7 Å². The van der Waals surface area contributed by atoms with Crippen molar-refractivity contribution < 1.29 is 19.0 Å². The lowest BCUT2D eigenvalue weighted by molar-refractivity contribution is -0.138. The van der Waals surface area contributed by atoms with Gasteiger partial charge < -0.3 is 20.6 Å². The lowest BCUT2D eigenvalue weighted by atomic mass is 10.1. The molecule has 0 amide bonds. The molecule has 19 heavy (non-hydrogen) atoms. The quantitative estimate of drug-likeness (QED) is 0.738. The predicted octanol–water partition coefficient (Wildman–Crippen LogP) is 1.47. The highest BCUT2D eigenvalue weighted by atomic mass is 19.1. The van der Waals surface area contributed by atoms with Crippen molar-refractivity contribution in [1.82, 2.24) is 4.98 Å². The second-order valence-corrected chi connectivity index (χ2v) is 4.21. The van der Waals surface area contributed by atoms with Gasteiger partial charge in [-0.15, -0.1) is 0 Å². The third-order valence-corrected chi connectivity index (χ3v) is 2.84. The predicted molar refractivity (Wildman–Crippen MR) is 69.1 cm³/mol.